The molecule has 2 aromatic rings. The molecule has 1 aliphatic rings. The van der Waals surface area contributed by atoms with E-state index in [9.17, 15) is 9.59 Å². The molecule has 0 aromatic carbocycles. The Bertz CT molecular complexity index is 797. The van der Waals surface area contributed by atoms with Crippen LogP contribution in [0.2, 0.25) is 0 Å². The molecular weight excluding hydrogens is 394 g/mol. The Morgan fingerprint density at radius 2 is 2.14 bits per heavy atom. The second-order valence-corrected chi connectivity index (χ2v) is 8.64. The highest BCUT2D eigenvalue weighted by atomic mass is 32.2. The molecule has 3 heterocycles. The second-order valence-electron chi connectivity index (χ2n) is 6.75. The summed E-state index contributed by atoms with van der Waals surface area (Å²) in [6, 6.07) is 3.47. The van der Waals surface area contributed by atoms with Gasteiger partial charge < -0.3 is 9.47 Å². The maximum Gasteiger partial charge on any atom is 0.267 e. The van der Waals surface area contributed by atoms with Crippen LogP contribution in [0.5, 0.6) is 0 Å². The minimum atomic E-state index is -0.363. The lowest BCUT2D eigenvalue weighted by Gasteiger charge is -2.23. The molecule has 0 unspecified atom stereocenters. The number of allylic oxidation sites excluding steroid dienone is 1. The number of nitrogens with zero attached hydrogens (tertiary/aromatic N) is 3. The molecule has 3 rings (SSSR count). The number of thioether (sulfide) groups is 1. The zero-order valence-corrected chi connectivity index (χ0v) is 17.5. The molecular formula is C19H26N5O2S2+. The number of amides is 2. The number of nitrogens with one attached hydrogen (secondary N) is 2. The van der Waals surface area contributed by atoms with Gasteiger partial charge in [0.25, 0.3) is 5.91 Å². The van der Waals surface area contributed by atoms with Gasteiger partial charge in [0.1, 0.15) is 5.82 Å². The molecule has 1 fully saturated rings. The topological polar surface area (TPSA) is 81.3 Å². The molecule has 1 saturated heterocycles. The fraction of sp³-hybridized carbons (Fsp3) is 0.474. The zero-order chi connectivity index (χ0) is 19.8. The van der Waals surface area contributed by atoms with Crippen molar-refractivity contribution in [1.29, 1.82) is 0 Å². The van der Waals surface area contributed by atoms with E-state index >= 15 is 0 Å². The van der Waals surface area contributed by atoms with Crippen LogP contribution in [-0.4, -0.2) is 52.0 Å². The van der Waals surface area contributed by atoms with Gasteiger partial charge in [-0.15, -0.1) is 28.1 Å². The summed E-state index contributed by atoms with van der Waals surface area (Å²) in [5.74, 6) is 0.341. The average Bonchev–Trinajstić information content (AvgIpc) is 3.37. The highest BCUT2D eigenvalue weighted by Crippen LogP contribution is 2.17. The Kier molecular flexibility index (Phi) is 7.81. The van der Waals surface area contributed by atoms with Gasteiger partial charge in [0.15, 0.2) is 5.16 Å². The molecule has 7 nitrogen and oxygen atoms in total. The molecule has 2 aromatic heterocycles. The highest BCUT2D eigenvalue weighted by Gasteiger charge is 2.18. The first-order valence-corrected chi connectivity index (χ1v) is 11.4. The van der Waals surface area contributed by atoms with Crippen molar-refractivity contribution in [2.45, 2.75) is 37.4 Å². The fourth-order valence-electron chi connectivity index (χ4n) is 3.28. The lowest BCUT2D eigenvalue weighted by Crippen LogP contribution is -3.13. The first-order valence-electron chi connectivity index (χ1n) is 9.54. The molecule has 0 radical (unpaired) electrons. The van der Waals surface area contributed by atoms with Gasteiger partial charge in [0.2, 0.25) is 5.91 Å². The molecule has 0 aliphatic carbocycles. The number of piperidine rings is 1. The molecule has 1 aliphatic heterocycles. The van der Waals surface area contributed by atoms with Crippen molar-refractivity contribution in [3.05, 3.63) is 40.9 Å². The number of likely N-dealkylation sites (tertiary alicyclic amines) is 1. The summed E-state index contributed by atoms with van der Waals surface area (Å²) in [6.45, 7) is 7.94. The summed E-state index contributed by atoms with van der Waals surface area (Å²) in [6.07, 6.45) is 6.61. The monoisotopic (exact) mass is 420 g/mol. The van der Waals surface area contributed by atoms with Gasteiger partial charge in [-0.1, -0.05) is 23.9 Å². The van der Waals surface area contributed by atoms with E-state index in [4.69, 9.17) is 0 Å². The van der Waals surface area contributed by atoms with Crippen LogP contribution < -0.4 is 10.2 Å². The molecule has 150 valence electrons. The van der Waals surface area contributed by atoms with E-state index in [1.54, 1.807) is 22.4 Å². The predicted molar refractivity (Wildman–Crippen MR) is 111 cm³/mol. The number of hydrogen-bond acceptors (Lipinski definition) is 6. The number of thiophene rings is 1. The largest absolute Gasteiger partial charge is 0.335 e. The molecule has 0 spiro atoms. The van der Waals surface area contributed by atoms with Crippen molar-refractivity contribution in [2.75, 3.05) is 25.4 Å². The lowest BCUT2D eigenvalue weighted by molar-refractivity contribution is -0.904. The van der Waals surface area contributed by atoms with Crippen molar-refractivity contribution in [3.8, 4) is 0 Å². The van der Waals surface area contributed by atoms with Gasteiger partial charge in [-0.05, 0) is 30.7 Å². The van der Waals surface area contributed by atoms with Crippen molar-refractivity contribution in [2.24, 2.45) is 0 Å². The van der Waals surface area contributed by atoms with Gasteiger partial charge in [0, 0.05) is 6.54 Å². The highest BCUT2D eigenvalue weighted by molar-refractivity contribution is 7.99. The van der Waals surface area contributed by atoms with E-state index in [-0.39, 0.29) is 17.6 Å². The second kappa shape index (κ2) is 10.5. The van der Waals surface area contributed by atoms with Crippen molar-refractivity contribution in [1.82, 2.24) is 20.1 Å². The van der Waals surface area contributed by atoms with Crippen LogP contribution in [0, 0.1) is 0 Å². The van der Waals surface area contributed by atoms with Crippen molar-refractivity contribution < 1.29 is 14.5 Å². The Hall–Kier alpha value is -1.97. The first kappa shape index (κ1) is 20.8. The third-order valence-corrected chi connectivity index (χ3v) is 6.53. The van der Waals surface area contributed by atoms with E-state index in [1.165, 1.54) is 55.5 Å². The Morgan fingerprint density at radius 1 is 1.32 bits per heavy atom. The molecule has 0 atom stereocenters. The van der Waals surface area contributed by atoms with Crippen LogP contribution in [0.1, 0.15) is 34.8 Å². The standard InChI is InChI=1S/C19H25N5O2S2/c1-2-9-24-16(8-12-23-10-4-3-5-11-23)21-22-19(24)28-14-17(25)20-18(26)15-7-6-13-27-15/h2,6-7,13H,1,3-5,8-12,14H2,(H,20,25,26)/p+1. The smallest absolute Gasteiger partial charge is 0.267 e. The minimum Gasteiger partial charge on any atom is -0.335 e. The Morgan fingerprint density at radius 3 is 2.86 bits per heavy atom. The first-order chi connectivity index (χ1) is 13.7. The van der Waals surface area contributed by atoms with Crippen LogP contribution in [0.4, 0.5) is 0 Å². The van der Waals surface area contributed by atoms with Crippen LogP contribution in [0.3, 0.4) is 0 Å². The number of rotatable bonds is 9. The number of carbonyl (C=O) groups excluding carboxylic acids is 2. The van der Waals surface area contributed by atoms with E-state index in [1.807, 2.05) is 10.6 Å². The van der Waals surface area contributed by atoms with Gasteiger partial charge in [-0.3, -0.25) is 14.9 Å². The normalized spacial score (nSPS) is 14.7. The van der Waals surface area contributed by atoms with Crippen LogP contribution in [0.15, 0.2) is 35.3 Å². The van der Waals surface area contributed by atoms with Crippen molar-refractivity contribution >= 4 is 34.9 Å². The van der Waals surface area contributed by atoms with Crippen LogP contribution >= 0.6 is 23.1 Å². The Labute approximate surface area is 173 Å². The lowest BCUT2D eigenvalue weighted by atomic mass is 10.1. The summed E-state index contributed by atoms with van der Waals surface area (Å²) in [7, 11) is 0. The molecule has 2 amide bonds. The number of carbonyl (C=O) groups is 2. The van der Waals surface area contributed by atoms with Gasteiger partial charge in [-0.25, -0.2) is 0 Å². The number of aromatic nitrogens is 3. The van der Waals surface area contributed by atoms with Gasteiger partial charge in [0.05, 0.1) is 36.7 Å². The number of quaternary nitrogens is 1. The summed E-state index contributed by atoms with van der Waals surface area (Å²) in [4.78, 5) is 26.2. The molecule has 0 saturated carbocycles. The van der Waals surface area contributed by atoms with Crippen molar-refractivity contribution in [3.63, 3.8) is 0 Å². The summed E-state index contributed by atoms with van der Waals surface area (Å²) >= 11 is 2.60. The molecule has 28 heavy (non-hydrogen) atoms. The molecule has 2 N–H and O–H groups in total. The fourth-order valence-corrected chi connectivity index (χ4v) is 4.66. The quantitative estimate of drug-likeness (QED) is 0.470. The maximum atomic E-state index is 12.1. The maximum absolute atomic E-state index is 12.1. The summed E-state index contributed by atoms with van der Waals surface area (Å²) in [5, 5.41) is 13.5. The average molecular weight is 421 g/mol. The third kappa shape index (κ3) is 5.76. The third-order valence-electron chi connectivity index (χ3n) is 4.70. The van der Waals surface area contributed by atoms with E-state index in [2.05, 4.69) is 22.1 Å². The van der Waals surface area contributed by atoms with E-state index in [0.29, 0.717) is 16.6 Å². The Balaban J connectivity index is 1.53. The minimum absolute atomic E-state index is 0.115. The van der Waals surface area contributed by atoms with Crippen LogP contribution in [0.25, 0.3) is 0 Å². The van der Waals surface area contributed by atoms with Gasteiger partial charge >= 0.3 is 0 Å². The summed E-state index contributed by atoms with van der Waals surface area (Å²) < 4.78 is 2.01. The molecule has 9 heteroatoms. The van der Waals surface area contributed by atoms with Crippen LogP contribution in [-0.2, 0) is 17.8 Å². The number of imide groups is 1. The zero-order valence-electron chi connectivity index (χ0n) is 15.9. The van der Waals surface area contributed by atoms with Gasteiger partial charge in [-0.2, -0.15) is 0 Å². The SMILES string of the molecule is C=CCn1c(CC[NH+]2CCCCC2)nnc1SCC(=O)NC(=O)c1cccs1. The number of hydrogen-bond donors (Lipinski definition) is 2. The predicted octanol–water partition coefficient (Wildman–Crippen LogP) is 1.19. The van der Waals surface area contributed by atoms with E-state index < -0.39 is 0 Å². The van der Waals surface area contributed by atoms with E-state index in [0.717, 1.165) is 18.8 Å². The molecule has 0 bridgehead atoms. The summed E-state index contributed by atoms with van der Waals surface area (Å²) in [5.41, 5.74) is 0.